The van der Waals surface area contributed by atoms with E-state index >= 15 is 0 Å². The van der Waals surface area contributed by atoms with Gasteiger partial charge in [0, 0.05) is 23.6 Å². The molecule has 0 saturated heterocycles. The number of aryl methyl sites for hydroxylation is 1. The summed E-state index contributed by atoms with van der Waals surface area (Å²) in [5, 5.41) is 19.0. The van der Waals surface area contributed by atoms with Crippen molar-refractivity contribution in [2.45, 2.75) is 26.0 Å². The van der Waals surface area contributed by atoms with Gasteiger partial charge in [0.2, 0.25) is 0 Å². The van der Waals surface area contributed by atoms with Gasteiger partial charge in [-0.3, -0.25) is 0 Å². The predicted octanol–water partition coefficient (Wildman–Crippen LogP) is 2.11. The third-order valence-electron chi connectivity index (χ3n) is 2.81. The highest BCUT2D eigenvalue weighted by atomic mass is 16.4. The van der Waals surface area contributed by atoms with Gasteiger partial charge in [0.25, 0.3) is 0 Å². The van der Waals surface area contributed by atoms with Crippen LogP contribution in [0.2, 0.25) is 0 Å². The van der Waals surface area contributed by atoms with Gasteiger partial charge in [0.15, 0.2) is 0 Å². The molecule has 1 aromatic carbocycles. The van der Waals surface area contributed by atoms with Gasteiger partial charge in [0.1, 0.15) is 0 Å². The molecule has 1 heterocycles. The first kappa shape index (κ1) is 11.7. The number of benzene rings is 1. The standard InChI is InChI=1S/C13H15NO3/c1-9(15)4-6-14-7-5-10-8-11(13(16)17)2-3-12(10)14/h2-3,5,7-9,15H,4,6H2,1H3,(H,16,17). The monoisotopic (exact) mass is 233 g/mol. The summed E-state index contributed by atoms with van der Waals surface area (Å²) in [5.41, 5.74) is 1.29. The van der Waals surface area contributed by atoms with E-state index in [0.717, 1.165) is 17.4 Å². The van der Waals surface area contributed by atoms with E-state index in [9.17, 15) is 9.90 Å². The molecule has 0 fully saturated rings. The second kappa shape index (κ2) is 4.59. The zero-order valence-electron chi connectivity index (χ0n) is 9.63. The lowest BCUT2D eigenvalue weighted by Crippen LogP contribution is -2.06. The van der Waals surface area contributed by atoms with Crippen LogP contribution < -0.4 is 0 Å². The number of aromatic carboxylic acids is 1. The number of hydrogen-bond acceptors (Lipinski definition) is 2. The lowest BCUT2D eigenvalue weighted by atomic mass is 10.1. The third-order valence-corrected chi connectivity index (χ3v) is 2.81. The fourth-order valence-corrected chi connectivity index (χ4v) is 1.85. The van der Waals surface area contributed by atoms with Crippen molar-refractivity contribution in [2.75, 3.05) is 0 Å². The number of fused-ring (bicyclic) bond motifs is 1. The Bertz CT molecular complexity index is 543. The Kier molecular flexibility index (Phi) is 3.15. The van der Waals surface area contributed by atoms with Crippen LogP contribution in [-0.2, 0) is 6.54 Å². The van der Waals surface area contributed by atoms with Gasteiger partial charge in [-0.1, -0.05) is 0 Å². The van der Waals surface area contributed by atoms with Crippen LogP contribution in [-0.4, -0.2) is 26.9 Å². The molecule has 0 amide bonds. The Balaban J connectivity index is 2.31. The van der Waals surface area contributed by atoms with E-state index in [4.69, 9.17) is 5.11 Å². The quantitative estimate of drug-likeness (QED) is 0.850. The largest absolute Gasteiger partial charge is 0.478 e. The molecule has 0 bridgehead atoms. The molecule has 90 valence electrons. The number of carboxylic acids is 1. The number of aliphatic hydroxyl groups excluding tert-OH is 1. The first-order valence-corrected chi connectivity index (χ1v) is 5.58. The molecular weight excluding hydrogens is 218 g/mol. The number of carbonyl (C=O) groups is 1. The van der Waals surface area contributed by atoms with Gasteiger partial charge in [-0.2, -0.15) is 0 Å². The predicted molar refractivity (Wildman–Crippen MR) is 65.2 cm³/mol. The van der Waals surface area contributed by atoms with Crippen molar-refractivity contribution >= 4 is 16.9 Å². The van der Waals surface area contributed by atoms with Gasteiger partial charge >= 0.3 is 5.97 Å². The van der Waals surface area contributed by atoms with Crippen LogP contribution in [0.3, 0.4) is 0 Å². The van der Waals surface area contributed by atoms with E-state index < -0.39 is 5.97 Å². The minimum atomic E-state index is -0.913. The molecule has 17 heavy (non-hydrogen) atoms. The van der Waals surface area contributed by atoms with E-state index in [1.807, 2.05) is 16.8 Å². The van der Waals surface area contributed by atoms with Crippen LogP contribution in [0.4, 0.5) is 0 Å². The molecule has 0 aliphatic rings. The lowest BCUT2D eigenvalue weighted by Gasteiger charge is -2.07. The first-order valence-electron chi connectivity index (χ1n) is 5.58. The van der Waals surface area contributed by atoms with Crippen molar-refractivity contribution in [3.8, 4) is 0 Å². The highest BCUT2D eigenvalue weighted by molar-refractivity contribution is 5.93. The average Bonchev–Trinajstić information content (AvgIpc) is 2.68. The summed E-state index contributed by atoms with van der Waals surface area (Å²) in [7, 11) is 0. The van der Waals surface area contributed by atoms with E-state index in [1.54, 1.807) is 25.1 Å². The number of hydrogen-bond donors (Lipinski definition) is 2. The van der Waals surface area contributed by atoms with Crippen molar-refractivity contribution in [1.29, 1.82) is 0 Å². The van der Waals surface area contributed by atoms with Gasteiger partial charge in [-0.15, -0.1) is 0 Å². The van der Waals surface area contributed by atoms with E-state index in [-0.39, 0.29) is 6.10 Å². The third kappa shape index (κ3) is 2.47. The zero-order valence-corrected chi connectivity index (χ0v) is 9.63. The Labute approximate surface area is 99.1 Å². The highest BCUT2D eigenvalue weighted by Gasteiger charge is 2.06. The van der Waals surface area contributed by atoms with Crippen molar-refractivity contribution in [3.63, 3.8) is 0 Å². The molecule has 0 aliphatic carbocycles. The fourth-order valence-electron chi connectivity index (χ4n) is 1.85. The Morgan fingerprint density at radius 1 is 1.41 bits per heavy atom. The van der Waals surface area contributed by atoms with Crippen LogP contribution in [0, 0.1) is 0 Å². The summed E-state index contributed by atoms with van der Waals surface area (Å²) in [6, 6.07) is 6.96. The molecular formula is C13H15NO3. The number of aliphatic hydroxyl groups is 1. The van der Waals surface area contributed by atoms with Gasteiger partial charge < -0.3 is 14.8 Å². The molecule has 0 aliphatic heterocycles. The summed E-state index contributed by atoms with van der Waals surface area (Å²) in [6.07, 6.45) is 2.27. The van der Waals surface area contributed by atoms with Crippen molar-refractivity contribution < 1.29 is 15.0 Å². The number of rotatable bonds is 4. The van der Waals surface area contributed by atoms with Crippen LogP contribution in [0.1, 0.15) is 23.7 Å². The maximum atomic E-state index is 10.8. The number of carboxylic acid groups (broad SMARTS) is 1. The zero-order chi connectivity index (χ0) is 12.4. The van der Waals surface area contributed by atoms with Crippen molar-refractivity contribution in [3.05, 3.63) is 36.0 Å². The number of nitrogens with zero attached hydrogens (tertiary/aromatic N) is 1. The van der Waals surface area contributed by atoms with E-state index in [0.29, 0.717) is 12.0 Å². The SMILES string of the molecule is CC(O)CCn1ccc2cc(C(=O)O)ccc21. The molecule has 4 nitrogen and oxygen atoms in total. The maximum Gasteiger partial charge on any atom is 0.335 e. The highest BCUT2D eigenvalue weighted by Crippen LogP contribution is 2.18. The summed E-state index contributed by atoms with van der Waals surface area (Å²) in [4.78, 5) is 10.8. The Morgan fingerprint density at radius 2 is 2.18 bits per heavy atom. The van der Waals surface area contributed by atoms with Crippen LogP contribution in [0.5, 0.6) is 0 Å². The summed E-state index contributed by atoms with van der Waals surface area (Å²) in [6.45, 7) is 2.49. The minimum absolute atomic E-state index is 0.297. The summed E-state index contributed by atoms with van der Waals surface area (Å²) in [5.74, 6) is -0.913. The van der Waals surface area contributed by atoms with Crippen LogP contribution in [0.15, 0.2) is 30.5 Å². The molecule has 1 atom stereocenters. The van der Waals surface area contributed by atoms with Gasteiger partial charge in [-0.05, 0) is 37.6 Å². The average molecular weight is 233 g/mol. The summed E-state index contributed by atoms with van der Waals surface area (Å²) < 4.78 is 2.02. The molecule has 2 aromatic rings. The molecule has 4 heteroatoms. The second-order valence-corrected chi connectivity index (χ2v) is 4.23. The van der Waals surface area contributed by atoms with Gasteiger partial charge in [-0.25, -0.2) is 4.79 Å². The maximum absolute atomic E-state index is 10.8. The fraction of sp³-hybridized carbons (Fsp3) is 0.308. The van der Waals surface area contributed by atoms with E-state index in [1.165, 1.54) is 0 Å². The van der Waals surface area contributed by atoms with Crippen LogP contribution >= 0.6 is 0 Å². The number of aromatic nitrogens is 1. The summed E-state index contributed by atoms with van der Waals surface area (Å²) >= 11 is 0. The molecule has 0 saturated carbocycles. The molecule has 2 rings (SSSR count). The van der Waals surface area contributed by atoms with Crippen molar-refractivity contribution in [1.82, 2.24) is 4.57 Å². The Morgan fingerprint density at radius 3 is 2.82 bits per heavy atom. The molecule has 1 aromatic heterocycles. The molecule has 0 radical (unpaired) electrons. The molecule has 1 unspecified atom stereocenters. The van der Waals surface area contributed by atoms with Gasteiger partial charge in [0.05, 0.1) is 11.7 Å². The van der Waals surface area contributed by atoms with E-state index in [2.05, 4.69) is 0 Å². The van der Waals surface area contributed by atoms with Crippen molar-refractivity contribution in [2.24, 2.45) is 0 Å². The minimum Gasteiger partial charge on any atom is -0.478 e. The normalized spacial score (nSPS) is 12.8. The van der Waals surface area contributed by atoms with Crippen LogP contribution in [0.25, 0.3) is 10.9 Å². The molecule has 0 spiro atoms. The Hall–Kier alpha value is -1.81. The topological polar surface area (TPSA) is 62.5 Å². The molecule has 2 N–H and O–H groups in total. The second-order valence-electron chi connectivity index (χ2n) is 4.23. The smallest absolute Gasteiger partial charge is 0.335 e. The first-order chi connectivity index (χ1) is 8.08. The lowest BCUT2D eigenvalue weighted by molar-refractivity contribution is 0.0697.